The maximum absolute atomic E-state index is 14.9. The monoisotopic (exact) mass is 576 g/mol. The first kappa shape index (κ1) is 28.3. The molecule has 0 bridgehead atoms. The topological polar surface area (TPSA) is 91.0 Å². The second-order valence-electron chi connectivity index (χ2n) is 9.07. The average molecular weight is 577 g/mol. The number of carbonyl (C=O) groups is 3. The Morgan fingerprint density at radius 3 is 2.61 bits per heavy atom. The lowest BCUT2D eigenvalue weighted by molar-refractivity contribution is -0.154. The molecule has 1 aromatic heterocycles. The number of thiophene rings is 1. The van der Waals surface area contributed by atoms with Crippen LogP contribution in [-0.4, -0.2) is 74.2 Å². The van der Waals surface area contributed by atoms with Crippen LogP contribution in [0.2, 0.25) is 4.34 Å². The molecule has 1 atom stereocenters. The first-order valence-corrected chi connectivity index (χ1v) is 13.0. The fourth-order valence-corrected chi connectivity index (χ4v) is 5.03. The quantitative estimate of drug-likeness (QED) is 0.419. The van der Waals surface area contributed by atoms with Crippen LogP contribution in [0.3, 0.4) is 0 Å². The molecule has 1 saturated carbocycles. The van der Waals surface area contributed by atoms with Crippen molar-refractivity contribution in [2.75, 3.05) is 49.6 Å². The molecule has 3 amide bonds. The van der Waals surface area contributed by atoms with Gasteiger partial charge in [-0.3, -0.25) is 19.3 Å². The lowest BCUT2D eigenvalue weighted by Gasteiger charge is -2.32. The number of amides is 3. The van der Waals surface area contributed by atoms with Gasteiger partial charge in [-0.05, 0) is 49.1 Å². The number of halogens is 5. The van der Waals surface area contributed by atoms with Gasteiger partial charge < -0.3 is 20.3 Å². The molecule has 8 nitrogen and oxygen atoms in total. The molecule has 2 fully saturated rings. The highest BCUT2D eigenvalue weighted by molar-refractivity contribution is 7.18. The SMILES string of the molecule is O=C(NC[C@H](C(=O)Nc1ccc(N2CCOCC2=O)c(F)c1)N(CC1CC1)CC(F)(F)F)c1ccc(Cl)s1. The number of alkyl halides is 3. The van der Waals surface area contributed by atoms with Crippen molar-refractivity contribution in [1.29, 1.82) is 0 Å². The van der Waals surface area contributed by atoms with Crippen molar-refractivity contribution in [3.63, 3.8) is 0 Å². The summed E-state index contributed by atoms with van der Waals surface area (Å²) in [4.78, 5) is 40.3. The minimum atomic E-state index is -4.59. The van der Waals surface area contributed by atoms with Crippen molar-refractivity contribution in [1.82, 2.24) is 10.2 Å². The van der Waals surface area contributed by atoms with Crippen LogP contribution in [0, 0.1) is 11.7 Å². The Hall–Kier alpha value is -2.74. The van der Waals surface area contributed by atoms with Crippen LogP contribution in [0.5, 0.6) is 0 Å². The van der Waals surface area contributed by atoms with Gasteiger partial charge in [-0.15, -0.1) is 11.3 Å². The lowest BCUT2D eigenvalue weighted by atomic mass is 10.1. The van der Waals surface area contributed by atoms with E-state index < -0.39 is 48.8 Å². The third-order valence-corrected chi connectivity index (χ3v) is 7.29. The van der Waals surface area contributed by atoms with Gasteiger partial charge in [0.05, 0.1) is 28.1 Å². The number of hydrogen-bond donors (Lipinski definition) is 2. The van der Waals surface area contributed by atoms with E-state index >= 15 is 0 Å². The molecule has 1 aliphatic heterocycles. The largest absolute Gasteiger partial charge is 0.401 e. The number of nitrogens with one attached hydrogen (secondary N) is 2. The van der Waals surface area contributed by atoms with Crippen molar-refractivity contribution in [2.24, 2.45) is 5.92 Å². The number of nitrogens with zero attached hydrogens (tertiary/aromatic N) is 2. The molecule has 38 heavy (non-hydrogen) atoms. The Labute approximate surface area is 224 Å². The maximum Gasteiger partial charge on any atom is 0.401 e. The first-order chi connectivity index (χ1) is 18.0. The summed E-state index contributed by atoms with van der Waals surface area (Å²) < 4.78 is 60.6. The number of benzene rings is 1. The summed E-state index contributed by atoms with van der Waals surface area (Å²) in [6.45, 7) is -1.53. The van der Waals surface area contributed by atoms with E-state index in [1.165, 1.54) is 29.2 Å². The van der Waals surface area contributed by atoms with Gasteiger partial charge >= 0.3 is 6.18 Å². The van der Waals surface area contributed by atoms with Crippen molar-refractivity contribution in [2.45, 2.75) is 25.1 Å². The highest BCUT2D eigenvalue weighted by atomic mass is 35.5. The van der Waals surface area contributed by atoms with E-state index in [1.54, 1.807) is 0 Å². The lowest BCUT2D eigenvalue weighted by Crippen LogP contribution is -2.54. The Kier molecular flexibility index (Phi) is 8.91. The normalized spacial score (nSPS) is 17.0. The molecule has 0 spiro atoms. The van der Waals surface area contributed by atoms with Gasteiger partial charge in [0.1, 0.15) is 18.5 Å². The average Bonchev–Trinajstić information content (AvgIpc) is 3.55. The smallest absolute Gasteiger partial charge is 0.370 e. The van der Waals surface area contributed by atoms with Crippen molar-refractivity contribution >= 4 is 52.0 Å². The predicted molar refractivity (Wildman–Crippen MR) is 134 cm³/mol. The molecule has 4 rings (SSSR count). The van der Waals surface area contributed by atoms with E-state index in [2.05, 4.69) is 10.6 Å². The van der Waals surface area contributed by atoms with Crippen LogP contribution >= 0.6 is 22.9 Å². The molecular weight excluding hydrogens is 552 g/mol. The summed E-state index contributed by atoms with van der Waals surface area (Å²) >= 11 is 6.85. The van der Waals surface area contributed by atoms with Gasteiger partial charge in [0.2, 0.25) is 5.91 Å². The highest BCUT2D eigenvalue weighted by Crippen LogP contribution is 2.32. The van der Waals surface area contributed by atoms with Crippen molar-refractivity contribution < 1.29 is 36.7 Å². The third-order valence-electron chi connectivity index (χ3n) is 6.06. The van der Waals surface area contributed by atoms with Gasteiger partial charge in [0.15, 0.2) is 0 Å². The van der Waals surface area contributed by atoms with E-state index in [-0.39, 0.29) is 48.5 Å². The van der Waals surface area contributed by atoms with E-state index in [0.717, 1.165) is 35.1 Å². The predicted octanol–water partition coefficient (Wildman–Crippen LogP) is 3.92. The van der Waals surface area contributed by atoms with Gasteiger partial charge in [-0.25, -0.2) is 4.39 Å². The zero-order valence-corrected chi connectivity index (χ0v) is 21.6. The van der Waals surface area contributed by atoms with E-state index in [4.69, 9.17) is 16.3 Å². The maximum atomic E-state index is 14.9. The Balaban J connectivity index is 1.52. The summed E-state index contributed by atoms with van der Waals surface area (Å²) in [5.41, 5.74) is -0.00106. The van der Waals surface area contributed by atoms with Gasteiger partial charge in [0, 0.05) is 25.3 Å². The highest BCUT2D eigenvalue weighted by Gasteiger charge is 2.39. The molecule has 1 saturated heterocycles. The molecule has 14 heteroatoms. The number of hydrogen-bond acceptors (Lipinski definition) is 6. The standard InChI is InChI=1S/C24H25ClF4N4O4S/c25-20-6-5-19(38-20)23(36)30-10-18(32(11-14-1-2-14)13-24(27,28)29)22(35)31-15-3-4-17(16(26)9-15)33-7-8-37-12-21(33)34/h3-6,9,14,18H,1-2,7-8,10-13H2,(H,30,36)(H,31,35)/t18-/m1/s1. The van der Waals surface area contributed by atoms with Gasteiger partial charge in [-0.1, -0.05) is 11.6 Å². The molecule has 1 aliphatic carbocycles. The Morgan fingerprint density at radius 2 is 2.00 bits per heavy atom. The number of rotatable bonds is 10. The summed E-state index contributed by atoms with van der Waals surface area (Å²) in [5, 5.41) is 4.99. The third kappa shape index (κ3) is 7.65. The number of carbonyl (C=O) groups excluding carboxylic acids is 3. The Morgan fingerprint density at radius 1 is 1.24 bits per heavy atom. The fraction of sp³-hybridized carbons (Fsp3) is 0.458. The molecule has 2 N–H and O–H groups in total. The summed E-state index contributed by atoms with van der Waals surface area (Å²) in [6, 6.07) is 5.25. The summed E-state index contributed by atoms with van der Waals surface area (Å²) in [6.07, 6.45) is -3.09. The molecule has 0 unspecified atom stereocenters. The molecule has 206 valence electrons. The van der Waals surface area contributed by atoms with Crippen LogP contribution in [0.15, 0.2) is 30.3 Å². The van der Waals surface area contributed by atoms with E-state index in [9.17, 15) is 31.9 Å². The summed E-state index contributed by atoms with van der Waals surface area (Å²) in [7, 11) is 0. The van der Waals surface area contributed by atoms with Crippen molar-refractivity contribution in [3.05, 3.63) is 45.4 Å². The molecule has 1 aromatic carbocycles. The molecule has 0 radical (unpaired) electrons. The first-order valence-electron chi connectivity index (χ1n) is 11.8. The van der Waals surface area contributed by atoms with Crippen LogP contribution in [-0.2, 0) is 14.3 Å². The van der Waals surface area contributed by atoms with E-state index in [1.807, 2.05) is 0 Å². The molecule has 2 heterocycles. The summed E-state index contributed by atoms with van der Waals surface area (Å²) in [5.74, 6) is -2.61. The van der Waals surface area contributed by atoms with Crippen LogP contribution < -0.4 is 15.5 Å². The number of ether oxygens (including phenoxy) is 1. The number of morpholine rings is 1. The second kappa shape index (κ2) is 12.0. The molecular formula is C24H25ClF4N4O4S. The zero-order chi connectivity index (χ0) is 27.4. The Bertz CT molecular complexity index is 1190. The van der Waals surface area contributed by atoms with Gasteiger partial charge in [0.25, 0.3) is 11.8 Å². The van der Waals surface area contributed by atoms with E-state index in [0.29, 0.717) is 4.34 Å². The van der Waals surface area contributed by atoms with Crippen LogP contribution in [0.25, 0.3) is 0 Å². The molecule has 2 aromatic rings. The minimum Gasteiger partial charge on any atom is -0.370 e. The van der Waals surface area contributed by atoms with Crippen LogP contribution in [0.1, 0.15) is 22.5 Å². The van der Waals surface area contributed by atoms with Crippen LogP contribution in [0.4, 0.5) is 28.9 Å². The molecule has 2 aliphatic rings. The zero-order valence-electron chi connectivity index (χ0n) is 20.0. The van der Waals surface area contributed by atoms with Gasteiger partial charge in [-0.2, -0.15) is 13.2 Å². The van der Waals surface area contributed by atoms with Crippen molar-refractivity contribution in [3.8, 4) is 0 Å². The minimum absolute atomic E-state index is 0.00199. The fourth-order valence-electron chi connectivity index (χ4n) is 4.07. The second-order valence-corrected chi connectivity index (χ2v) is 10.8. The number of anilines is 2.